The van der Waals surface area contributed by atoms with E-state index in [1.165, 1.54) is 0 Å². The van der Waals surface area contributed by atoms with Gasteiger partial charge in [-0.25, -0.2) is 14.5 Å². The largest absolute Gasteiger partial charge is 0.319 e. The van der Waals surface area contributed by atoms with Crippen molar-refractivity contribution in [1.29, 1.82) is 0 Å². The van der Waals surface area contributed by atoms with E-state index in [-0.39, 0.29) is 0 Å². The number of aromatic nitrogens is 2. The molecule has 0 aliphatic carbocycles. The van der Waals surface area contributed by atoms with E-state index in [2.05, 4.69) is 90.4 Å². The summed E-state index contributed by atoms with van der Waals surface area (Å²) in [4.78, 5) is 11.4. The van der Waals surface area contributed by atoms with Crippen molar-refractivity contribution >= 4 is 60.7 Å². The molecule has 0 bridgehead atoms. The molecule has 0 N–H and O–H groups in total. The van der Waals surface area contributed by atoms with Crippen LogP contribution in [0.25, 0.3) is 91.8 Å². The molecule has 7 aromatic carbocycles. The van der Waals surface area contributed by atoms with Crippen LogP contribution in [-0.2, 0) is 0 Å². The minimum absolute atomic E-state index is 0.558. The molecule has 0 saturated heterocycles. The molecule has 2 heterocycles. The van der Waals surface area contributed by atoms with Gasteiger partial charge < -0.3 is 9.13 Å². The van der Waals surface area contributed by atoms with Crippen LogP contribution < -0.4 is 0 Å². The van der Waals surface area contributed by atoms with Crippen LogP contribution in [0.4, 0.5) is 17.1 Å². The molecule has 0 fully saturated rings. The normalized spacial score (nSPS) is 11.1. The third-order valence-electron chi connectivity index (χ3n) is 9.56. The average Bonchev–Trinajstić information content (AvgIpc) is 3.70. The minimum atomic E-state index is 0.558. The monoisotopic (exact) mass is 635 g/mol. The zero-order valence-electron chi connectivity index (χ0n) is 26.7. The summed E-state index contributed by atoms with van der Waals surface area (Å²) in [6.07, 6.45) is 0. The van der Waals surface area contributed by atoms with Gasteiger partial charge >= 0.3 is 0 Å². The summed E-state index contributed by atoms with van der Waals surface area (Å²) in [5.74, 6) is 0. The lowest BCUT2D eigenvalue weighted by molar-refractivity contribution is 1.18. The van der Waals surface area contributed by atoms with Crippen molar-refractivity contribution in [2.24, 2.45) is 0 Å². The molecule has 0 aliphatic rings. The van der Waals surface area contributed by atoms with Crippen LogP contribution in [0.3, 0.4) is 0 Å². The molecule has 9 rings (SSSR count). The Bertz CT molecular complexity index is 2970. The molecule has 0 radical (unpaired) electrons. The Morgan fingerprint density at radius 3 is 1.84 bits per heavy atom. The molecule has 0 aliphatic heterocycles. The molecule has 2 aromatic heterocycles. The molecule has 5 nitrogen and oxygen atoms in total. The second kappa shape index (κ2) is 11.4. The third-order valence-corrected chi connectivity index (χ3v) is 9.56. The fourth-order valence-corrected chi connectivity index (χ4v) is 7.43. The van der Waals surface area contributed by atoms with Crippen molar-refractivity contribution in [3.63, 3.8) is 0 Å². The number of hydrogen-bond acceptors (Lipinski definition) is 0. The standard InChI is InChI=1S/C45H25N5/c1-46-30-22-24-33(29-12-10-13-32(26-29)49-41-19-7-4-14-34(41)37-17-11-18-40(48-3)45(37)49)38(27-30)35-15-5-8-20-42(35)50-43-21-9-6-16-36(43)39-28-31(47-2)23-25-44(39)50/h4-28H. The van der Waals surface area contributed by atoms with Gasteiger partial charge in [-0.1, -0.05) is 103 Å². The highest BCUT2D eigenvalue weighted by Gasteiger charge is 2.20. The van der Waals surface area contributed by atoms with Crippen molar-refractivity contribution in [3.8, 4) is 33.6 Å². The topological polar surface area (TPSA) is 22.9 Å². The van der Waals surface area contributed by atoms with Gasteiger partial charge in [0.2, 0.25) is 5.69 Å². The van der Waals surface area contributed by atoms with Gasteiger partial charge in [-0.3, -0.25) is 0 Å². The van der Waals surface area contributed by atoms with Crippen LogP contribution in [-0.4, -0.2) is 9.13 Å². The molecule has 50 heavy (non-hydrogen) atoms. The molecular weight excluding hydrogens is 611 g/mol. The molecule has 0 atom stereocenters. The summed E-state index contributed by atoms with van der Waals surface area (Å²) in [6, 6.07) is 51.1. The van der Waals surface area contributed by atoms with Gasteiger partial charge in [-0.15, -0.1) is 0 Å². The van der Waals surface area contributed by atoms with Crippen LogP contribution in [0.2, 0.25) is 0 Å². The highest BCUT2D eigenvalue weighted by atomic mass is 15.0. The second-order valence-corrected chi connectivity index (χ2v) is 12.2. The zero-order valence-corrected chi connectivity index (χ0v) is 26.7. The lowest BCUT2D eigenvalue weighted by Gasteiger charge is -2.18. The van der Waals surface area contributed by atoms with E-state index in [4.69, 9.17) is 19.7 Å². The quantitative estimate of drug-likeness (QED) is 0.172. The highest BCUT2D eigenvalue weighted by Crippen LogP contribution is 2.43. The molecule has 0 amide bonds. The van der Waals surface area contributed by atoms with E-state index in [1.54, 1.807) is 0 Å². The van der Waals surface area contributed by atoms with Crippen LogP contribution in [0.15, 0.2) is 152 Å². The smallest absolute Gasteiger partial charge is 0.211 e. The highest BCUT2D eigenvalue weighted by molar-refractivity contribution is 6.14. The summed E-state index contributed by atoms with van der Waals surface area (Å²) >= 11 is 0. The van der Waals surface area contributed by atoms with Gasteiger partial charge in [0.05, 0.1) is 47.5 Å². The molecule has 230 valence electrons. The Morgan fingerprint density at radius 2 is 1.04 bits per heavy atom. The van der Waals surface area contributed by atoms with E-state index < -0.39 is 0 Å². The van der Waals surface area contributed by atoms with Crippen LogP contribution in [0.1, 0.15) is 0 Å². The van der Waals surface area contributed by atoms with E-state index in [9.17, 15) is 0 Å². The summed E-state index contributed by atoms with van der Waals surface area (Å²) in [7, 11) is 0. The first-order valence-electron chi connectivity index (χ1n) is 16.2. The second-order valence-electron chi connectivity index (χ2n) is 12.2. The summed E-state index contributed by atoms with van der Waals surface area (Å²) in [6.45, 7) is 23.5. The lowest BCUT2D eigenvalue weighted by atomic mass is 9.92. The van der Waals surface area contributed by atoms with Crippen molar-refractivity contribution < 1.29 is 0 Å². The van der Waals surface area contributed by atoms with Crippen LogP contribution >= 0.6 is 0 Å². The van der Waals surface area contributed by atoms with Crippen LogP contribution in [0.5, 0.6) is 0 Å². The SMILES string of the molecule is [C-]#[N+]c1ccc(-c2cccc(-n3c4ccccc4c4cccc([N+]#[C-])c43)c2)c(-c2ccccc2-n2c3ccccc3c3cc([N+]#[C-])ccc32)c1. The number of rotatable bonds is 4. The Labute approximate surface area is 288 Å². The molecule has 9 aromatic rings. The Balaban J connectivity index is 1.30. The number of nitrogens with zero attached hydrogens (tertiary/aromatic N) is 5. The Kier molecular flexibility index (Phi) is 6.56. The van der Waals surface area contributed by atoms with Gasteiger partial charge in [0, 0.05) is 22.0 Å². The summed E-state index contributed by atoms with van der Waals surface area (Å²) in [5, 5.41) is 4.25. The maximum absolute atomic E-state index is 7.97. The molecular formula is C45H25N5. The van der Waals surface area contributed by atoms with Gasteiger partial charge in [0.15, 0.2) is 11.4 Å². The van der Waals surface area contributed by atoms with E-state index in [1.807, 2.05) is 84.9 Å². The van der Waals surface area contributed by atoms with Gasteiger partial charge in [-0.05, 0) is 76.0 Å². The number of hydrogen-bond donors (Lipinski definition) is 0. The number of para-hydroxylation sites is 4. The first kappa shape index (κ1) is 28.8. The third kappa shape index (κ3) is 4.31. The predicted octanol–water partition coefficient (Wildman–Crippen LogP) is 12.9. The number of fused-ring (bicyclic) bond motifs is 6. The maximum atomic E-state index is 7.97. The molecule has 5 heteroatoms. The first-order valence-corrected chi connectivity index (χ1v) is 16.2. The first-order chi connectivity index (χ1) is 24.7. The Hall–Kier alpha value is -7.39. The average molecular weight is 636 g/mol. The van der Waals surface area contributed by atoms with Crippen molar-refractivity contribution in [3.05, 3.63) is 186 Å². The van der Waals surface area contributed by atoms with E-state index >= 15 is 0 Å². The van der Waals surface area contributed by atoms with E-state index in [0.29, 0.717) is 17.1 Å². The van der Waals surface area contributed by atoms with Gasteiger partial charge in [0.25, 0.3) is 0 Å². The van der Waals surface area contributed by atoms with Crippen LogP contribution in [0, 0.1) is 19.7 Å². The molecule has 0 saturated carbocycles. The fraction of sp³-hybridized carbons (Fsp3) is 0. The molecule has 0 unspecified atom stereocenters. The Morgan fingerprint density at radius 1 is 0.400 bits per heavy atom. The number of benzene rings is 7. The predicted molar refractivity (Wildman–Crippen MR) is 205 cm³/mol. The van der Waals surface area contributed by atoms with Crippen molar-refractivity contribution in [1.82, 2.24) is 9.13 Å². The van der Waals surface area contributed by atoms with Gasteiger partial charge in [-0.2, -0.15) is 0 Å². The minimum Gasteiger partial charge on any atom is -0.319 e. The fourth-order valence-electron chi connectivity index (χ4n) is 7.43. The zero-order chi connectivity index (χ0) is 33.8. The molecule has 0 spiro atoms. The van der Waals surface area contributed by atoms with Gasteiger partial charge in [0.1, 0.15) is 0 Å². The van der Waals surface area contributed by atoms with Crippen molar-refractivity contribution in [2.75, 3.05) is 0 Å². The summed E-state index contributed by atoms with van der Waals surface area (Å²) < 4.78 is 4.46. The maximum Gasteiger partial charge on any atom is 0.211 e. The van der Waals surface area contributed by atoms with E-state index in [0.717, 1.165) is 77.2 Å². The lowest BCUT2D eigenvalue weighted by Crippen LogP contribution is -1.98. The summed E-state index contributed by atoms with van der Waals surface area (Å²) in [5.41, 5.74) is 11.6. The van der Waals surface area contributed by atoms with Crippen molar-refractivity contribution in [2.45, 2.75) is 0 Å².